The summed E-state index contributed by atoms with van der Waals surface area (Å²) in [5.41, 5.74) is 0.333. The van der Waals surface area contributed by atoms with E-state index in [2.05, 4.69) is 10.2 Å². The first-order valence-electron chi connectivity index (χ1n) is 8.86. The van der Waals surface area contributed by atoms with E-state index in [0.717, 1.165) is 18.2 Å². The summed E-state index contributed by atoms with van der Waals surface area (Å²) in [6.45, 7) is 2.54. The minimum Gasteiger partial charge on any atom is -0.464 e. The number of hydrogen-bond acceptors (Lipinski definition) is 6. The third kappa shape index (κ3) is 4.74. The number of amides is 1. The Bertz CT molecular complexity index is 1080. The van der Waals surface area contributed by atoms with Crippen LogP contribution in [0.25, 0.3) is 0 Å². The zero-order chi connectivity index (χ0) is 21.8. The summed E-state index contributed by atoms with van der Waals surface area (Å²) < 4.78 is 21.6. The molecule has 0 atom stereocenters. The van der Waals surface area contributed by atoms with Crippen molar-refractivity contribution in [2.45, 2.75) is 26.7 Å². The minimum atomic E-state index is -0.674. The molecule has 0 N–H and O–H groups in total. The summed E-state index contributed by atoms with van der Waals surface area (Å²) in [7, 11) is 1.59. The van der Waals surface area contributed by atoms with Gasteiger partial charge in [-0.3, -0.25) is 19.6 Å². The molecule has 3 aromatic rings. The lowest BCUT2D eigenvalue weighted by atomic mass is 10.3. The number of aromatic nitrogens is 4. The van der Waals surface area contributed by atoms with Crippen LogP contribution in [0.4, 0.5) is 10.1 Å². The number of nitro groups is 1. The van der Waals surface area contributed by atoms with Crippen LogP contribution < -0.4 is 4.74 Å². The highest BCUT2D eigenvalue weighted by molar-refractivity contribution is 6.31. The van der Waals surface area contributed by atoms with E-state index in [1.807, 2.05) is 6.92 Å². The van der Waals surface area contributed by atoms with Crippen LogP contribution in [0.5, 0.6) is 5.75 Å². The summed E-state index contributed by atoms with van der Waals surface area (Å²) in [4.78, 5) is 24.4. The Balaban J connectivity index is 1.66. The van der Waals surface area contributed by atoms with Crippen molar-refractivity contribution in [3.05, 3.63) is 69.0 Å². The lowest BCUT2D eigenvalue weighted by molar-refractivity contribution is -0.386. The van der Waals surface area contributed by atoms with Gasteiger partial charge in [0.05, 0.1) is 16.5 Å². The summed E-state index contributed by atoms with van der Waals surface area (Å²) in [6, 6.07) is 4.39. The standard InChI is InChI=1S/C18H18ClFN6O4/c1-3-24-9-13(19)15(22-24)10-23(2)18(27)14-6-7-25(21-14)11-30-17-8-12(20)4-5-16(17)26(28)29/h4-9H,3,10-11H2,1-2H3. The fraction of sp³-hybridized carbons (Fsp3) is 0.278. The first kappa shape index (κ1) is 21.2. The molecule has 0 unspecified atom stereocenters. The number of aryl methyl sites for hydroxylation is 1. The molecule has 0 spiro atoms. The van der Waals surface area contributed by atoms with Crippen molar-refractivity contribution in [1.82, 2.24) is 24.5 Å². The smallest absolute Gasteiger partial charge is 0.311 e. The zero-order valence-corrected chi connectivity index (χ0v) is 16.9. The summed E-state index contributed by atoms with van der Waals surface area (Å²) in [5, 5.41) is 19.9. The summed E-state index contributed by atoms with van der Waals surface area (Å²) in [6.07, 6.45) is 3.16. The monoisotopic (exact) mass is 436 g/mol. The largest absolute Gasteiger partial charge is 0.464 e. The van der Waals surface area contributed by atoms with Crippen molar-refractivity contribution in [2.24, 2.45) is 0 Å². The van der Waals surface area contributed by atoms with Gasteiger partial charge in [0.15, 0.2) is 12.4 Å². The number of halogens is 2. The van der Waals surface area contributed by atoms with Gasteiger partial charge < -0.3 is 9.64 Å². The second-order valence-electron chi connectivity index (χ2n) is 6.32. The second kappa shape index (κ2) is 8.91. The van der Waals surface area contributed by atoms with Crippen LogP contribution in [0.3, 0.4) is 0 Å². The lowest BCUT2D eigenvalue weighted by Crippen LogP contribution is -2.27. The van der Waals surface area contributed by atoms with E-state index in [-0.39, 0.29) is 36.3 Å². The number of rotatable bonds is 8. The highest BCUT2D eigenvalue weighted by Crippen LogP contribution is 2.27. The molecule has 1 amide bonds. The molecule has 30 heavy (non-hydrogen) atoms. The van der Waals surface area contributed by atoms with Gasteiger partial charge in [0.2, 0.25) is 5.75 Å². The molecule has 2 heterocycles. The van der Waals surface area contributed by atoms with Crippen molar-refractivity contribution in [3.8, 4) is 5.75 Å². The molecule has 0 saturated heterocycles. The number of ether oxygens (including phenoxy) is 1. The topological polar surface area (TPSA) is 108 Å². The molecular weight excluding hydrogens is 419 g/mol. The lowest BCUT2D eigenvalue weighted by Gasteiger charge is -2.14. The molecule has 12 heteroatoms. The van der Waals surface area contributed by atoms with Gasteiger partial charge in [-0.1, -0.05) is 11.6 Å². The highest BCUT2D eigenvalue weighted by Gasteiger charge is 2.19. The number of benzene rings is 1. The molecule has 0 bridgehead atoms. The number of carbonyl (C=O) groups is 1. The summed E-state index contributed by atoms with van der Waals surface area (Å²) in [5.74, 6) is -1.27. The Morgan fingerprint density at radius 1 is 1.33 bits per heavy atom. The van der Waals surface area contributed by atoms with Gasteiger partial charge >= 0.3 is 5.69 Å². The van der Waals surface area contributed by atoms with Gasteiger partial charge in [-0.25, -0.2) is 9.07 Å². The molecule has 0 saturated carbocycles. The molecule has 0 radical (unpaired) electrons. The van der Waals surface area contributed by atoms with Gasteiger partial charge in [-0.2, -0.15) is 10.2 Å². The first-order chi connectivity index (χ1) is 14.3. The Labute approximate surface area is 175 Å². The minimum absolute atomic E-state index is 0.140. The van der Waals surface area contributed by atoms with Crippen LogP contribution in [-0.4, -0.2) is 42.3 Å². The van der Waals surface area contributed by atoms with Gasteiger partial charge in [-0.15, -0.1) is 0 Å². The summed E-state index contributed by atoms with van der Waals surface area (Å²) >= 11 is 6.14. The Hall–Kier alpha value is -3.47. The van der Waals surface area contributed by atoms with Crippen LogP contribution in [0.1, 0.15) is 23.1 Å². The van der Waals surface area contributed by atoms with Crippen molar-refractivity contribution >= 4 is 23.2 Å². The SMILES string of the molecule is CCn1cc(Cl)c(CN(C)C(=O)c2ccn(COc3cc(F)ccc3[N+](=O)[O-])n2)n1. The van der Waals surface area contributed by atoms with E-state index >= 15 is 0 Å². The maximum Gasteiger partial charge on any atom is 0.311 e. The Kier molecular flexibility index (Phi) is 6.31. The normalized spacial score (nSPS) is 10.8. The average Bonchev–Trinajstić information content (AvgIpc) is 3.32. The Morgan fingerprint density at radius 3 is 2.77 bits per heavy atom. The van der Waals surface area contributed by atoms with Crippen molar-refractivity contribution in [2.75, 3.05) is 7.05 Å². The van der Waals surface area contributed by atoms with Crippen LogP contribution in [0.2, 0.25) is 5.02 Å². The number of nitrogens with zero attached hydrogens (tertiary/aromatic N) is 6. The molecule has 158 valence electrons. The third-order valence-electron chi connectivity index (χ3n) is 4.18. The van der Waals surface area contributed by atoms with E-state index in [9.17, 15) is 19.3 Å². The quantitative estimate of drug-likeness (QED) is 0.396. The van der Waals surface area contributed by atoms with E-state index in [1.54, 1.807) is 17.9 Å². The second-order valence-corrected chi connectivity index (χ2v) is 6.73. The average molecular weight is 437 g/mol. The van der Waals surface area contributed by atoms with Crippen LogP contribution >= 0.6 is 11.6 Å². The fourth-order valence-electron chi connectivity index (χ4n) is 2.64. The van der Waals surface area contributed by atoms with E-state index in [1.165, 1.54) is 21.8 Å². The van der Waals surface area contributed by atoms with Gasteiger partial charge in [0.25, 0.3) is 5.91 Å². The van der Waals surface area contributed by atoms with Gasteiger partial charge in [0.1, 0.15) is 11.5 Å². The van der Waals surface area contributed by atoms with Crippen molar-refractivity contribution in [3.63, 3.8) is 0 Å². The zero-order valence-electron chi connectivity index (χ0n) is 16.2. The predicted molar refractivity (Wildman–Crippen MR) is 105 cm³/mol. The maximum atomic E-state index is 13.4. The molecule has 0 aliphatic heterocycles. The maximum absolute atomic E-state index is 13.4. The highest BCUT2D eigenvalue weighted by atomic mass is 35.5. The molecule has 0 aliphatic carbocycles. The number of carbonyl (C=O) groups excluding carboxylic acids is 1. The van der Waals surface area contributed by atoms with Crippen LogP contribution in [0, 0.1) is 15.9 Å². The van der Waals surface area contributed by atoms with Crippen LogP contribution in [0.15, 0.2) is 36.7 Å². The number of hydrogen-bond donors (Lipinski definition) is 0. The first-order valence-corrected chi connectivity index (χ1v) is 9.23. The van der Waals surface area contributed by atoms with Crippen LogP contribution in [-0.2, 0) is 19.8 Å². The molecule has 10 nitrogen and oxygen atoms in total. The molecule has 0 fully saturated rings. The Morgan fingerprint density at radius 2 is 2.10 bits per heavy atom. The van der Waals surface area contributed by atoms with Gasteiger partial charge in [0, 0.05) is 38.1 Å². The van der Waals surface area contributed by atoms with Crippen molar-refractivity contribution < 1.29 is 18.8 Å². The van der Waals surface area contributed by atoms with E-state index in [4.69, 9.17) is 16.3 Å². The van der Waals surface area contributed by atoms with E-state index in [0.29, 0.717) is 17.3 Å². The molecule has 0 aliphatic rings. The van der Waals surface area contributed by atoms with Crippen molar-refractivity contribution in [1.29, 1.82) is 0 Å². The third-order valence-corrected chi connectivity index (χ3v) is 4.49. The molecule has 2 aromatic heterocycles. The van der Waals surface area contributed by atoms with E-state index < -0.39 is 10.7 Å². The number of nitro benzene ring substituents is 1. The fourth-order valence-corrected chi connectivity index (χ4v) is 2.85. The molecule has 1 aromatic carbocycles. The van der Waals surface area contributed by atoms with Gasteiger partial charge in [-0.05, 0) is 19.1 Å². The molecular formula is C18H18ClFN6O4. The molecule has 3 rings (SSSR count). The predicted octanol–water partition coefficient (Wildman–Crippen LogP) is 3.11.